The van der Waals surface area contributed by atoms with E-state index in [2.05, 4.69) is 25.9 Å². The molecule has 0 saturated carbocycles. The lowest BCUT2D eigenvalue weighted by atomic mass is 10.4. The Morgan fingerprint density at radius 3 is 2.55 bits per heavy atom. The van der Waals surface area contributed by atoms with Crippen LogP contribution in [0.15, 0.2) is 6.07 Å². The van der Waals surface area contributed by atoms with E-state index in [0.717, 1.165) is 24.6 Å². The van der Waals surface area contributed by atoms with Crippen LogP contribution in [0, 0.1) is 0 Å². The van der Waals surface area contributed by atoms with Gasteiger partial charge >= 0.3 is 0 Å². The first-order chi connectivity index (χ1) is 9.69. The number of aryl methyl sites for hydroxylation is 1. The van der Waals surface area contributed by atoms with Crippen molar-refractivity contribution in [3.63, 3.8) is 0 Å². The maximum absolute atomic E-state index is 11.6. The molecule has 20 heavy (non-hydrogen) atoms. The molecule has 0 unspecified atom stereocenters. The molecule has 3 N–H and O–H groups in total. The van der Waals surface area contributed by atoms with Crippen molar-refractivity contribution < 1.29 is 9.53 Å². The zero-order chi connectivity index (χ0) is 14.8. The first-order valence-electron chi connectivity index (χ1n) is 6.80. The molecule has 1 aromatic heterocycles. The van der Waals surface area contributed by atoms with E-state index in [1.165, 1.54) is 0 Å². The Morgan fingerprint density at radius 2 is 1.95 bits per heavy atom. The molecule has 7 heteroatoms. The summed E-state index contributed by atoms with van der Waals surface area (Å²) in [4.78, 5) is 20.3. The van der Waals surface area contributed by atoms with E-state index in [-0.39, 0.29) is 12.5 Å². The highest BCUT2D eigenvalue weighted by Crippen LogP contribution is 2.11. The van der Waals surface area contributed by atoms with E-state index < -0.39 is 0 Å². The number of amides is 1. The monoisotopic (exact) mass is 281 g/mol. The van der Waals surface area contributed by atoms with Crippen molar-refractivity contribution in [2.45, 2.75) is 20.3 Å². The number of nitrogens with one attached hydrogen (secondary N) is 3. The zero-order valence-corrected chi connectivity index (χ0v) is 12.3. The summed E-state index contributed by atoms with van der Waals surface area (Å²) in [6, 6.07) is 1.80. The standard InChI is InChI=1S/C13H23N5O2/c1-4-10-17-11(14-5-2)8-12(18-10)16-9-13(19)15-6-7-20-3/h8H,4-7,9H2,1-3H3,(H,15,19)(H2,14,16,17,18). The number of carbonyl (C=O) groups excluding carboxylic acids is 1. The second-order valence-electron chi connectivity index (χ2n) is 4.13. The van der Waals surface area contributed by atoms with Crippen molar-refractivity contribution >= 4 is 17.5 Å². The van der Waals surface area contributed by atoms with Gasteiger partial charge in [-0.3, -0.25) is 4.79 Å². The van der Waals surface area contributed by atoms with Gasteiger partial charge in [-0.1, -0.05) is 6.92 Å². The Bertz CT molecular complexity index is 425. The molecule has 1 rings (SSSR count). The van der Waals surface area contributed by atoms with E-state index in [0.29, 0.717) is 19.0 Å². The predicted molar refractivity (Wildman–Crippen MR) is 78.9 cm³/mol. The third-order valence-electron chi connectivity index (χ3n) is 2.50. The molecule has 0 atom stereocenters. The van der Waals surface area contributed by atoms with Crippen LogP contribution in [-0.2, 0) is 16.0 Å². The van der Waals surface area contributed by atoms with Gasteiger partial charge in [-0.25, -0.2) is 9.97 Å². The van der Waals surface area contributed by atoms with Gasteiger partial charge in [0.2, 0.25) is 5.91 Å². The fourth-order valence-corrected chi connectivity index (χ4v) is 1.54. The van der Waals surface area contributed by atoms with Crippen LogP contribution < -0.4 is 16.0 Å². The van der Waals surface area contributed by atoms with E-state index in [1.807, 2.05) is 13.8 Å². The van der Waals surface area contributed by atoms with Gasteiger partial charge < -0.3 is 20.7 Å². The molecule has 1 amide bonds. The van der Waals surface area contributed by atoms with Crippen molar-refractivity contribution in [3.8, 4) is 0 Å². The number of methoxy groups -OCH3 is 1. The fraction of sp³-hybridized carbons (Fsp3) is 0.615. The number of carbonyl (C=O) groups is 1. The summed E-state index contributed by atoms with van der Waals surface area (Å²) in [5, 5.41) is 8.88. The summed E-state index contributed by atoms with van der Waals surface area (Å²) >= 11 is 0. The van der Waals surface area contributed by atoms with Crippen LogP contribution in [0.4, 0.5) is 11.6 Å². The van der Waals surface area contributed by atoms with Crippen LogP contribution in [0.2, 0.25) is 0 Å². The number of nitrogens with zero attached hydrogens (tertiary/aromatic N) is 2. The van der Waals surface area contributed by atoms with Gasteiger partial charge in [0, 0.05) is 32.7 Å². The zero-order valence-electron chi connectivity index (χ0n) is 12.3. The molecule has 0 bridgehead atoms. The van der Waals surface area contributed by atoms with Crippen molar-refractivity contribution in [2.24, 2.45) is 0 Å². The van der Waals surface area contributed by atoms with Gasteiger partial charge in [0.25, 0.3) is 0 Å². The molecule has 1 aromatic rings. The molecule has 0 aliphatic carbocycles. The van der Waals surface area contributed by atoms with Crippen LogP contribution in [0.5, 0.6) is 0 Å². The minimum Gasteiger partial charge on any atom is -0.383 e. The Hall–Kier alpha value is -1.89. The van der Waals surface area contributed by atoms with Crippen LogP contribution in [0.1, 0.15) is 19.7 Å². The largest absolute Gasteiger partial charge is 0.383 e. The highest BCUT2D eigenvalue weighted by Gasteiger charge is 2.05. The SMILES string of the molecule is CCNc1cc(NCC(=O)NCCOC)nc(CC)n1. The lowest BCUT2D eigenvalue weighted by molar-refractivity contribution is -0.119. The molecule has 0 saturated heterocycles. The lowest BCUT2D eigenvalue weighted by Crippen LogP contribution is -2.32. The van der Waals surface area contributed by atoms with Gasteiger partial charge in [-0.05, 0) is 6.92 Å². The second kappa shape index (κ2) is 9.08. The molecular weight excluding hydrogens is 258 g/mol. The van der Waals surface area contributed by atoms with E-state index in [4.69, 9.17) is 4.74 Å². The molecule has 7 nitrogen and oxygen atoms in total. The summed E-state index contributed by atoms with van der Waals surface area (Å²) in [6.07, 6.45) is 0.744. The summed E-state index contributed by atoms with van der Waals surface area (Å²) in [5.41, 5.74) is 0. The van der Waals surface area contributed by atoms with Crippen molar-refractivity contribution in [1.82, 2.24) is 15.3 Å². The number of hydrogen-bond donors (Lipinski definition) is 3. The number of rotatable bonds is 9. The Labute approximate surface area is 119 Å². The number of ether oxygens (including phenoxy) is 1. The predicted octanol–water partition coefficient (Wildman–Crippen LogP) is 0.645. The maximum Gasteiger partial charge on any atom is 0.239 e. The summed E-state index contributed by atoms with van der Waals surface area (Å²) < 4.78 is 4.86. The van der Waals surface area contributed by atoms with Crippen molar-refractivity contribution in [2.75, 3.05) is 44.0 Å². The fourth-order valence-electron chi connectivity index (χ4n) is 1.54. The molecule has 112 valence electrons. The summed E-state index contributed by atoms with van der Waals surface area (Å²) in [6.45, 7) is 5.97. The lowest BCUT2D eigenvalue weighted by Gasteiger charge is -2.10. The minimum atomic E-state index is -0.0938. The maximum atomic E-state index is 11.6. The normalized spacial score (nSPS) is 10.2. The smallest absolute Gasteiger partial charge is 0.239 e. The van der Waals surface area contributed by atoms with E-state index >= 15 is 0 Å². The first-order valence-corrected chi connectivity index (χ1v) is 6.80. The van der Waals surface area contributed by atoms with Gasteiger partial charge in [0.1, 0.15) is 17.5 Å². The summed E-state index contributed by atoms with van der Waals surface area (Å²) in [7, 11) is 1.60. The molecule has 1 heterocycles. The van der Waals surface area contributed by atoms with Gasteiger partial charge in [0.15, 0.2) is 0 Å². The van der Waals surface area contributed by atoms with Crippen LogP contribution in [-0.4, -0.2) is 49.2 Å². The second-order valence-corrected chi connectivity index (χ2v) is 4.13. The molecule has 0 radical (unpaired) electrons. The molecule has 0 aromatic carbocycles. The Balaban J connectivity index is 2.53. The third kappa shape index (κ3) is 5.83. The van der Waals surface area contributed by atoms with Crippen LogP contribution in [0.25, 0.3) is 0 Å². The average molecular weight is 281 g/mol. The quantitative estimate of drug-likeness (QED) is 0.576. The Morgan fingerprint density at radius 1 is 1.25 bits per heavy atom. The minimum absolute atomic E-state index is 0.0938. The summed E-state index contributed by atoms with van der Waals surface area (Å²) in [5.74, 6) is 2.06. The highest BCUT2D eigenvalue weighted by atomic mass is 16.5. The molecule has 0 spiro atoms. The van der Waals surface area contributed by atoms with Crippen LogP contribution >= 0.6 is 0 Å². The number of hydrogen-bond acceptors (Lipinski definition) is 6. The van der Waals surface area contributed by atoms with Gasteiger partial charge in [0.05, 0.1) is 13.2 Å². The Kier molecular flexibility index (Phi) is 7.34. The molecular formula is C13H23N5O2. The number of anilines is 2. The topological polar surface area (TPSA) is 88.2 Å². The first kappa shape index (κ1) is 16.2. The third-order valence-corrected chi connectivity index (χ3v) is 2.50. The van der Waals surface area contributed by atoms with Crippen LogP contribution in [0.3, 0.4) is 0 Å². The molecule has 0 fully saturated rings. The number of aromatic nitrogens is 2. The van der Waals surface area contributed by atoms with E-state index in [1.54, 1.807) is 13.2 Å². The van der Waals surface area contributed by atoms with E-state index in [9.17, 15) is 4.79 Å². The van der Waals surface area contributed by atoms with Gasteiger partial charge in [-0.2, -0.15) is 0 Å². The molecule has 0 aliphatic rings. The van der Waals surface area contributed by atoms with Crippen molar-refractivity contribution in [3.05, 3.63) is 11.9 Å². The highest BCUT2D eigenvalue weighted by molar-refractivity contribution is 5.80. The average Bonchev–Trinajstić information content (AvgIpc) is 2.45. The molecule has 0 aliphatic heterocycles. The van der Waals surface area contributed by atoms with Gasteiger partial charge in [-0.15, -0.1) is 0 Å². The van der Waals surface area contributed by atoms with Crippen molar-refractivity contribution in [1.29, 1.82) is 0 Å².